The maximum absolute atomic E-state index is 12.6. The summed E-state index contributed by atoms with van der Waals surface area (Å²) in [6.07, 6.45) is 5.27. The van der Waals surface area contributed by atoms with Crippen LogP contribution < -0.4 is 15.4 Å². The van der Waals surface area contributed by atoms with E-state index in [0.717, 1.165) is 25.7 Å². The lowest BCUT2D eigenvalue weighted by Gasteiger charge is -2.32. The van der Waals surface area contributed by atoms with E-state index in [9.17, 15) is 9.59 Å². The normalized spacial score (nSPS) is 15.5. The highest BCUT2D eigenvalue weighted by Crippen LogP contribution is 2.36. The Balaban J connectivity index is 1.64. The molecule has 2 aromatic rings. The summed E-state index contributed by atoms with van der Waals surface area (Å²) < 4.78 is 5.54. The molecule has 2 N–H and O–H groups in total. The maximum Gasteiger partial charge on any atom is 0.255 e. The first-order chi connectivity index (χ1) is 13.5. The first-order valence-corrected chi connectivity index (χ1v) is 9.96. The molecule has 0 atom stereocenters. The van der Waals surface area contributed by atoms with Crippen molar-refractivity contribution in [1.29, 1.82) is 0 Å². The summed E-state index contributed by atoms with van der Waals surface area (Å²) in [6.45, 7) is 4.47. The van der Waals surface area contributed by atoms with Gasteiger partial charge in [-0.25, -0.2) is 0 Å². The Morgan fingerprint density at radius 3 is 2.32 bits per heavy atom. The average Bonchev–Trinajstić information content (AvgIpc) is 2.71. The molecule has 148 valence electrons. The number of hydrogen-bond donors (Lipinski definition) is 2. The summed E-state index contributed by atoms with van der Waals surface area (Å²) in [5.74, 6) is 0.488. The molecule has 3 rings (SSSR count). The number of carbonyl (C=O) groups excluding carboxylic acids is 2. The first-order valence-electron chi connectivity index (χ1n) is 9.96. The minimum atomic E-state index is -0.294. The molecule has 5 heteroatoms. The molecule has 0 radical (unpaired) electrons. The van der Waals surface area contributed by atoms with Gasteiger partial charge in [0.05, 0.1) is 12.3 Å². The summed E-state index contributed by atoms with van der Waals surface area (Å²) >= 11 is 0. The fourth-order valence-electron chi connectivity index (χ4n) is 3.59. The van der Waals surface area contributed by atoms with E-state index in [-0.39, 0.29) is 17.2 Å². The van der Waals surface area contributed by atoms with Crippen LogP contribution in [-0.4, -0.2) is 18.4 Å². The van der Waals surface area contributed by atoms with Crippen LogP contribution in [-0.2, 0) is 4.79 Å². The van der Waals surface area contributed by atoms with Crippen molar-refractivity contribution in [2.75, 3.05) is 17.2 Å². The average molecular weight is 380 g/mol. The number of nitrogens with one attached hydrogen (secondary N) is 2. The second-order valence-electron chi connectivity index (χ2n) is 7.54. The van der Waals surface area contributed by atoms with E-state index in [4.69, 9.17) is 4.74 Å². The van der Waals surface area contributed by atoms with E-state index in [1.807, 2.05) is 38.1 Å². The zero-order valence-electron chi connectivity index (χ0n) is 16.6. The number of carbonyl (C=O) groups is 2. The summed E-state index contributed by atoms with van der Waals surface area (Å²) in [5.41, 5.74) is 1.57. The topological polar surface area (TPSA) is 67.4 Å². The van der Waals surface area contributed by atoms with Crippen LogP contribution in [0.5, 0.6) is 5.75 Å². The third-order valence-electron chi connectivity index (χ3n) is 5.35. The van der Waals surface area contributed by atoms with Crippen molar-refractivity contribution in [3.8, 4) is 5.75 Å². The van der Waals surface area contributed by atoms with Crippen molar-refractivity contribution in [3.63, 3.8) is 0 Å². The number of amides is 2. The van der Waals surface area contributed by atoms with Crippen molar-refractivity contribution >= 4 is 23.2 Å². The molecule has 0 unspecified atom stereocenters. The molecule has 1 saturated carbocycles. The molecule has 0 saturated heterocycles. The fraction of sp³-hybridized carbons (Fsp3) is 0.391. The lowest BCUT2D eigenvalue weighted by Crippen LogP contribution is -2.35. The van der Waals surface area contributed by atoms with Gasteiger partial charge < -0.3 is 15.4 Å². The van der Waals surface area contributed by atoms with Crippen molar-refractivity contribution in [1.82, 2.24) is 0 Å². The van der Waals surface area contributed by atoms with Gasteiger partial charge in [-0.2, -0.15) is 0 Å². The van der Waals surface area contributed by atoms with Gasteiger partial charge >= 0.3 is 0 Å². The van der Waals surface area contributed by atoms with E-state index in [1.165, 1.54) is 6.42 Å². The SMILES string of the molecule is CCOc1ccccc1NC(=O)c1ccc(NC(=O)C2(C)CCCCC2)cc1. The zero-order valence-corrected chi connectivity index (χ0v) is 16.6. The molecular formula is C23H28N2O3. The number of rotatable bonds is 6. The van der Waals surface area contributed by atoms with Crippen LogP contribution in [0.1, 0.15) is 56.3 Å². The standard InChI is InChI=1S/C23H28N2O3/c1-3-28-20-10-6-5-9-19(20)25-21(26)17-11-13-18(14-12-17)24-22(27)23(2)15-7-4-8-16-23/h5-6,9-14H,3-4,7-8,15-16H2,1-2H3,(H,24,27)(H,25,26). The molecule has 1 fully saturated rings. The molecule has 1 aliphatic rings. The molecule has 0 spiro atoms. The van der Waals surface area contributed by atoms with Crippen LogP contribution >= 0.6 is 0 Å². The summed E-state index contributed by atoms with van der Waals surface area (Å²) in [4.78, 5) is 25.2. The van der Waals surface area contributed by atoms with Crippen LogP contribution in [0.2, 0.25) is 0 Å². The van der Waals surface area contributed by atoms with Gasteiger partial charge in [0.15, 0.2) is 0 Å². The Morgan fingerprint density at radius 2 is 1.64 bits per heavy atom. The van der Waals surface area contributed by atoms with E-state index in [0.29, 0.717) is 29.3 Å². The molecule has 2 aromatic carbocycles. The van der Waals surface area contributed by atoms with Gasteiger partial charge in [0.25, 0.3) is 5.91 Å². The molecule has 5 nitrogen and oxygen atoms in total. The molecule has 0 heterocycles. The predicted molar refractivity (Wildman–Crippen MR) is 112 cm³/mol. The van der Waals surface area contributed by atoms with Gasteiger partial charge in [-0.3, -0.25) is 9.59 Å². The van der Waals surface area contributed by atoms with Crippen molar-refractivity contribution in [2.45, 2.75) is 46.0 Å². The van der Waals surface area contributed by atoms with Gasteiger partial charge in [0, 0.05) is 16.7 Å². The molecule has 2 amide bonds. The van der Waals surface area contributed by atoms with Crippen molar-refractivity contribution in [2.24, 2.45) is 5.41 Å². The van der Waals surface area contributed by atoms with E-state index in [1.54, 1.807) is 24.3 Å². The van der Waals surface area contributed by atoms with Gasteiger partial charge in [0.1, 0.15) is 5.75 Å². The molecule has 0 aromatic heterocycles. The van der Waals surface area contributed by atoms with E-state index in [2.05, 4.69) is 10.6 Å². The van der Waals surface area contributed by atoms with Crippen LogP contribution in [0.15, 0.2) is 48.5 Å². The largest absolute Gasteiger partial charge is 0.492 e. The smallest absolute Gasteiger partial charge is 0.255 e. The Kier molecular flexibility index (Phi) is 6.34. The Morgan fingerprint density at radius 1 is 0.964 bits per heavy atom. The third-order valence-corrected chi connectivity index (χ3v) is 5.35. The molecule has 0 aliphatic heterocycles. The summed E-state index contributed by atoms with van der Waals surface area (Å²) in [6, 6.07) is 14.3. The fourth-order valence-corrected chi connectivity index (χ4v) is 3.59. The molecule has 1 aliphatic carbocycles. The summed E-state index contributed by atoms with van der Waals surface area (Å²) in [5, 5.41) is 5.88. The summed E-state index contributed by atoms with van der Waals surface area (Å²) in [7, 11) is 0. The third kappa shape index (κ3) is 4.71. The highest BCUT2D eigenvalue weighted by Gasteiger charge is 2.34. The number of benzene rings is 2. The predicted octanol–water partition coefficient (Wildman–Crippen LogP) is 5.25. The number of ether oxygens (including phenoxy) is 1. The number of para-hydroxylation sites is 2. The minimum absolute atomic E-state index is 0.0649. The van der Waals surface area contributed by atoms with Crippen LogP contribution in [0.3, 0.4) is 0 Å². The quantitative estimate of drug-likeness (QED) is 0.719. The van der Waals surface area contributed by atoms with Gasteiger partial charge in [0.2, 0.25) is 5.91 Å². The Bertz CT molecular complexity index is 824. The maximum atomic E-state index is 12.6. The van der Waals surface area contributed by atoms with Crippen LogP contribution in [0.25, 0.3) is 0 Å². The van der Waals surface area contributed by atoms with E-state index >= 15 is 0 Å². The second kappa shape index (κ2) is 8.91. The van der Waals surface area contributed by atoms with Crippen LogP contribution in [0.4, 0.5) is 11.4 Å². The molecular weight excluding hydrogens is 352 g/mol. The van der Waals surface area contributed by atoms with Gasteiger partial charge in [-0.05, 0) is 56.2 Å². The first kappa shape index (κ1) is 19.9. The highest BCUT2D eigenvalue weighted by molar-refractivity contribution is 6.05. The second-order valence-corrected chi connectivity index (χ2v) is 7.54. The monoisotopic (exact) mass is 380 g/mol. The van der Waals surface area contributed by atoms with Crippen molar-refractivity contribution < 1.29 is 14.3 Å². The number of hydrogen-bond acceptors (Lipinski definition) is 3. The number of anilines is 2. The van der Waals surface area contributed by atoms with Crippen LogP contribution in [0, 0.1) is 5.41 Å². The van der Waals surface area contributed by atoms with Gasteiger partial charge in [-0.15, -0.1) is 0 Å². The Hall–Kier alpha value is -2.82. The zero-order chi connectivity index (χ0) is 20.0. The lowest BCUT2D eigenvalue weighted by atomic mass is 9.75. The molecule has 0 bridgehead atoms. The Labute approximate surface area is 166 Å². The molecule has 28 heavy (non-hydrogen) atoms. The van der Waals surface area contributed by atoms with Gasteiger partial charge in [-0.1, -0.05) is 38.3 Å². The minimum Gasteiger partial charge on any atom is -0.492 e. The lowest BCUT2D eigenvalue weighted by molar-refractivity contribution is -0.126. The highest BCUT2D eigenvalue weighted by atomic mass is 16.5. The van der Waals surface area contributed by atoms with Crippen molar-refractivity contribution in [3.05, 3.63) is 54.1 Å². The van der Waals surface area contributed by atoms with E-state index < -0.39 is 0 Å².